The summed E-state index contributed by atoms with van der Waals surface area (Å²) in [5.41, 5.74) is 0.669. The summed E-state index contributed by atoms with van der Waals surface area (Å²) in [4.78, 5) is 0. The van der Waals surface area contributed by atoms with Gasteiger partial charge in [-0.25, -0.2) is 4.39 Å². The molecule has 1 aliphatic rings. The van der Waals surface area contributed by atoms with Crippen LogP contribution in [0.4, 0.5) is 4.39 Å². The van der Waals surface area contributed by atoms with E-state index in [1.807, 2.05) is 0 Å². The minimum absolute atomic E-state index is 0.174. The van der Waals surface area contributed by atoms with Crippen molar-refractivity contribution in [1.82, 2.24) is 10.6 Å². The molecule has 1 fully saturated rings. The van der Waals surface area contributed by atoms with Gasteiger partial charge in [0, 0.05) is 18.2 Å². The molecule has 0 aliphatic carbocycles. The van der Waals surface area contributed by atoms with Crippen molar-refractivity contribution in [1.29, 1.82) is 0 Å². The molecule has 0 spiro atoms. The van der Waals surface area contributed by atoms with Crippen LogP contribution in [0.25, 0.3) is 0 Å². The third-order valence-corrected chi connectivity index (χ3v) is 3.17. The van der Waals surface area contributed by atoms with Crippen LogP contribution < -0.4 is 15.4 Å². The van der Waals surface area contributed by atoms with Crippen LogP contribution in [0, 0.1) is 5.82 Å². The molecule has 2 rings (SSSR count). The Kier molecular flexibility index (Phi) is 4.34. The zero-order valence-corrected chi connectivity index (χ0v) is 10.1. The largest absolute Gasteiger partial charge is 0.497 e. The van der Waals surface area contributed by atoms with E-state index >= 15 is 0 Å². The fraction of sp³-hybridized carbons (Fsp3) is 0.538. The van der Waals surface area contributed by atoms with Gasteiger partial charge < -0.3 is 15.4 Å². The smallest absolute Gasteiger partial charge is 0.127 e. The van der Waals surface area contributed by atoms with E-state index in [0.29, 0.717) is 23.9 Å². The highest BCUT2D eigenvalue weighted by Gasteiger charge is 2.13. The fourth-order valence-electron chi connectivity index (χ4n) is 2.09. The number of halogens is 1. The van der Waals surface area contributed by atoms with Gasteiger partial charge in [0.1, 0.15) is 11.6 Å². The maximum absolute atomic E-state index is 13.6. The van der Waals surface area contributed by atoms with Crippen molar-refractivity contribution >= 4 is 0 Å². The van der Waals surface area contributed by atoms with E-state index in [1.54, 1.807) is 19.2 Å². The monoisotopic (exact) mass is 238 g/mol. The first-order valence-electron chi connectivity index (χ1n) is 6.06. The lowest BCUT2D eigenvalue weighted by Gasteiger charge is -2.24. The molecule has 4 heteroatoms. The molecule has 1 aliphatic heterocycles. The van der Waals surface area contributed by atoms with Crippen molar-refractivity contribution in [2.24, 2.45) is 0 Å². The maximum Gasteiger partial charge on any atom is 0.127 e. The number of nitrogens with one attached hydrogen (secondary N) is 2. The van der Waals surface area contributed by atoms with Crippen LogP contribution in [-0.2, 0) is 6.54 Å². The first-order chi connectivity index (χ1) is 8.29. The summed E-state index contributed by atoms with van der Waals surface area (Å²) in [6.07, 6.45) is 2.21. The molecule has 2 N–H and O–H groups in total. The van der Waals surface area contributed by atoms with Gasteiger partial charge in [-0.15, -0.1) is 0 Å². The van der Waals surface area contributed by atoms with Crippen molar-refractivity contribution in [3.05, 3.63) is 29.6 Å². The van der Waals surface area contributed by atoms with E-state index in [0.717, 1.165) is 25.9 Å². The predicted octanol–water partition coefficient (Wildman–Crippen LogP) is 1.68. The van der Waals surface area contributed by atoms with Crippen LogP contribution in [0.15, 0.2) is 18.2 Å². The average Bonchev–Trinajstić information content (AvgIpc) is 2.39. The van der Waals surface area contributed by atoms with Crippen molar-refractivity contribution < 1.29 is 9.13 Å². The molecule has 1 aromatic rings. The Labute approximate surface area is 101 Å². The van der Waals surface area contributed by atoms with Gasteiger partial charge in [-0.2, -0.15) is 0 Å². The number of hydrogen-bond donors (Lipinski definition) is 2. The lowest BCUT2D eigenvalue weighted by Crippen LogP contribution is -2.39. The zero-order chi connectivity index (χ0) is 12.1. The van der Waals surface area contributed by atoms with Crippen molar-refractivity contribution in [3.8, 4) is 5.75 Å². The number of hydrogen-bond acceptors (Lipinski definition) is 3. The molecule has 1 saturated heterocycles. The molecule has 94 valence electrons. The van der Waals surface area contributed by atoms with Crippen LogP contribution >= 0.6 is 0 Å². The summed E-state index contributed by atoms with van der Waals surface area (Å²) in [7, 11) is 1.59. The van der Waals surface area contributed by atoms with Gasteiger partial charge in [-0.1, -0.05) is 0 Å². The van der Waals surface area contributed by atoms with Crippen LogP contribution in [0.3, 0.4) is 0 Å². The Hall–Kier alpha value is -1.13. The zero-order valence-electron chi connectivity index (χ0n) is 10.1. The van der Waals surface area contributed by atoms with E-state index in [9.17, 15) is 4.39 Å². The fourth-order valence-corrected chi connectivity index (χ4v) is 2.09. The Morgan fingerprint density at radius 3 is 2.88 bits per heavy atom. The Morgan fingerprint density at radius 1 is 1.41 bits per heavy atom. The summed E-state index contributed by atoms with van der Waals surface area (Å²) < 4.78 is 18.6. The van der Waals surface area contributed by atoms with Crippen LogP contribution in [0.5, 0.6) is 5.75 Å². The van der Waals surface area contributed by atoms with Gasteiger partial charge in [0.25, 0.3) is 0 Å². The van der Waals surface area contributed by atoms with E-state index < -0.39 is 0 Å². The van der Waals surface area contributed by atoms with Gasteiger partial charge in [0.15, 0.2) is 0 Å². The van der Waals surface area contributed by atoms with Crippen molar-refractivity contribution in [3.63, 3.8) is 0 Å². The van der Waals surface area contributed by atoms with E-state index in [2.05, 4.69) is 10.6 Å². The third kappa shape index (κ3) is 3.41. The van der Waals surface area contributed by atoms with Gasteiger partial charge in [-0.3, -0.25) is 0 Å². The summed E-state index contributed by atoms with van der Waals surface area (Å²) in [5, 5.41) is 6.70. The number of methoxy groups -OCH3 is 1. The minimum Gasteiger partial charge on any atom is -0.497 e. The Morgan fingerprint density at radius 2 is 2.18 bits per heavy atom. The van der Waals surface area contributed by atoms with Crippen molar-refractivity contribution in [2.45, 2.75) is 25.4 Å². The molecule has 0 atom stereocenters. The molecule has 3 nitrogen and oxygen atoms in total. The predicted molar refractivity (Wildman–Crippen MR) is 65.7 cm³/mol. The topological polar surface area (TPSA) is 33.3 Å². The van der Waals surface area contributed by atoms with E-state index in [1.165, 1.54) is 6.07 Å². The average molecular weight is 238 g/mol. The summed E-state index contributed by atoms with van der Waals surface area (Å²) in [6.45, 7) is 2.64. The second-order valence-electron chi connectivity index (χ2n) is 4.36. The molecule has 0 unspecified atom stereocenters. The lowest BCUT2D eigenvalue weighted by molar-refractivity contribution is 0.382. The molecule has 17 heavy (non-hydrogen) atoms. The number of piperidine rings is 1. The van der Waals surface area contributed by atoms with Crippen LogP contribution in [0.1, 0.15) is 18.4 Å². The lowest BCUT2D eigenvalue weighted by atomic mass is 10.1. The van der Waals surface area contributed by atoms with Gasteiger partial charge >= 0.3 is 0 Å². The number of rotatable bonds is 4. The molecule has 1 aromatic carbocycles. The quantitative estimate of drug-likeness (QED) is 0.837. The first kappa shape index (κ1) is 12.3. The third-order valence-electron chi connectivity index (χ3n) is 3.17. The second kappa shape index (κ2) is 5.98. The highest BCUT2D eigenvalue weighted by atomic mass is 19.1. The van der Waals surface area contributed by atoms with Gasteiger partial charge in [0.05, 0.1) is 7.11 Å². The maximum atomic E-state index is 13.6. The standard InChI is InChI=1S/C13H19FN2O/c1-17-12-2-3-13(14)10(8-12)9-16-11-4-6-15-7-5-11/h2-3,8,11,15-16H,4-7,9H2,1H3. The van der Waals surface area contributed by atoms with Crippen LogP contribution in [0.2, 0.25) is 0 Å². The van der Waals surface area contributed by atoms with Gasteiger partial charge in [-0.05, 0) is 44.1 Å². The summed E-state index contributed by atoms with van der Waals surface area (Å²) in [5.74, 6) is 0.528. The highest BCUT2D eigenvalue weighted by Crippen LogP contribution is 2.16. The summed E-state index contributed by atoms with van der Waals surface area (Å²) >= 11 is 0. The molecular weight excluding hydrogens is 219 g/mol. The molecule has 0 saturated carbocycles. The summed E-state index contributed by atoms with van der Waals surface area (Å²) in [6, 6.07) is 5.34. The SMILES string of the molecule is COc1ccc(F)c(CNC2CCNCC2)c1. The molecule has 0 bridgehead atoms. The molecule has 0 aromatic heterocycles. The van der Waals surface area contributed by atoms with E-state index in [-0.39, 0.29) is 5.82 Å². The molecule has 0 radical (unpaired) electrons. The Bertz CT molecular complexity index is 364. The minimum atomic E-state index is -0.174. The number of benzene rings is 1. The second-order valence-corrected chi connectivity index (χ2v) is 4.36. The highest BCUT2D eigenvalue weighted by molar-refractivity contribution is 5.29. The van der Waals surface area contributed by atoms with E-state index in [4.69, 9.17) is 4.74 Å². The molecule has 0 amide bonds. The molecular formula is C13H19FN2O. The number of ether oxygens (including phenoxy) is 1. The van der Waals surface area contributed by atoms with Crippen molar-refractivity contribution in [2.75, 3.05) is 20.2 Å². The first-order valence-corrected chi connectivity index (χ1v) is 6.06. The van der Waals surface area contributed by atoms with Gasteiger partial charge in [0.2, 0.25) is 0 Å². The molecule has 1 heterocycles. The normalized spacial score (nSPS) is 17.1. The van der Waals surface area contributed by atoms with Crippen LogP contribution in [-0.4, -0.2) is 26.2 Å². The Balaban J connectivity index is 1.92.